The van der Waals surface area contributed by atoms with E-state index in [1.807, 2.05) is 0 Å². The van der Waals surface area contributed by atoms with E-state index in [1.54, 1.807) is 0 Å². The van der Waals surface area contributed by atoms with Crippen molar-refractivity contribution in [2.24, 2.45) is 5.41 Å². The van der Waals surface area contributed by atoms with Gasteiger partial charge in [0.15, 0.2) is 0 Å². The minimum absolute atomic E-state index is 0.0594. The summed E-state index contributed by atoms with van der Waals surface area (Å²) in [5.74, 6) is 0. The smallest absolute Gasteiger partial charge is 0.0613 e. The molecule has 2 saturated carbocycles. The monoisotopic (exact) mass is 225 g/mol. The van der Waals surface area contributed by atoms with Crippen molar-refractivity contribution < 1.29 is 5.11 Å². The van der Waals surface area contributed by atoms with Gasteiger partial charge in [0.1, 0.15) is 0 Å². The lowest BCUT2D eigenvalue weighted by Crippen LogP contribution is -2.52. The highest BCUT2D eigenvalue weighted by molar-refractivity contribution is 4.99. The first-order valence-corrected chi connectivity index (χ1v) is 7.10. The maximum Gasteiger partial charge on any atom is 0.0613 e. The molecule has 0 amide bonds. The van der Waals surface area contributed by atoms with Gasteiger partial charge < -0.3 is 10.4 Å². The topological polar surface area (TPSA) is 32.3 Å². The van der Waals surface area contributed by atoms with Gasteiger partial charge in [-0.2, -0.15) is 0 Å². The van der Waals surface area contributed by atoms with Crippen LogP contribution >= 0.6 is 0 Å². The Morgan fingerprint density at radius 2 is 1.62 bits per heavy atom. The molecule has 94 valence electrons. The molecule has 0 aromatic carbocycles. The second-order valence-corrected chi connectivity index (χ2v) is 6.07. The molecular weight excluding hydrogens is 198 g/mol. The number of nitrogens with one attached hydrogen (secondary N) is 1. The molecule has 2 fully saturated rings. The summed E-state index contributed by atoms with van der Waals surface area (Å²) in [6, 6.07) is 0. The van der Waals surface area contributed by atoms with Crippen molar-refractivity contribution in [2.75, 3.05) is 13.2 Å². The second-order valence-electron chi connectivity index (χ2n) is 6.07. The van der Waals surface area contributed by atoms with Crippen LogP contribution < -0.4 is 5.32 Å². The van der Waals surface area contributed by atoms with Gasteiger partial charge in [-0.3, -0.25) is 0 Å². The van der Waals surface area contributed by atoms with E-state index in [9.17, 15) is 5.11 Å². The van der Waals surface area contributed by atoms with Gasteiger partial charge in [0.25, 0.3) is 0 Å². The molecule has 0 saturated heterocycles. The molecule has 0 aromatic rings. The summed E-state index contributed by atoms with van der Waals surface area (Å²) >= 11 is 0. The largest absolute Gasteiger partial charge is 0.394 e. The first kappa shape index (κ1) is 12.4. The molecule has 2 heteroatoms. The summed E-state index contributed by atoms with van der Waals surface area (Å²) in [6.45, 7) is 3.57. The van der Waals surface area contributed by atoms with Gasteiger partial charge in [-0.1, -0.05) is 19.8 Å². The summed E-state index contributed by atoms with van der Waals surface area (Å²) in [4.78, 5) is 0. The Hall–Kier alpha value is -0.0800. The average Bonchev–Trinajstić information content (AvgIpc) is 2.78. The van der Waals surface area contributed by atoms with Crippen molar-refractivity contribution in [1.82, 2.24) is 5.32 Å². The fraction of sp³-hybridized carbons (Fsp3) is 1.00. The summed E-state index contributed by atoms with van der Waals surface area (Å²) in [5.41, 5.74) is 0.733. The Morgan fingerprint density at radius 1 is 1.00 bits per heavy atom. The lowest BCUT2D eigenvalue weighted by Gasteiger charge is -2.45. The van der Waals surface area contributed by atoms with Gasteiger partial charge in [-0.15, -0.1) is 0 Å². The Labute approximate surface area is 99.8 Å². The summed E-state index contributed by atoms with van der Waals surface area (Å²) in [7, 11) is 0. The number of hydrogen-bond donors (Lipinski definition) is 2. The Balaban J connectivity index is 1.90. The third kappa shape index (κ3) is 2.43. The second kappa shape index (κ2) is 5.05. The highest BCUT2D eigenvalue weighted by Gasteiger charge is 2.43. The predicted molar refractivity (Wildman–Crippen MR) is 67.5 cm³/mol. The highest BCUT2D eigenvalue weighted by atomic mass is 16.3. The van der Waals surface area contributed by atoms with E-state index in [4.69, 9.17) is 0 Å². The van der Waals surface area contributed by atoms with Crippen molar-refractivity contribution in [1.29, 1.82) is 0 Å². The molecule has 0 atom stereocenters. The number of aliphatic hydroxyl groups is 1. The summed E-state index contributed by atoms with van der Waals surface area (Å²) in [6.07, 6.45) is 12.0. The zero-order chi connectivity index (χ0) is 11.5. The Morgan fingerprint density at radius 3 is 2.12 bits per heavy atom. The molecular formula is C14H27NO. The summed E-state index contributed by atoms with van der Waals surface area (Å²) < 4.78 is 0. The van der Waals surface area contributed by atoms with E-state index in [1.165, 1.54) is 51.4 Å². The number of aliphatic hydroxyl groups excluding tert-OH is 1. The SMILES string of the molecule is CCCNC1(CO)CCC2(CCCC2)CC1. The van der Waals surface area contributed by atoms with Crippen LogP contribution in [0.1, 0.15) is 64.7 Å². The molecule has 0 unspecified atom stereocenters. The normalized spacial score (nSPS) is 27.4. The maximum absolute atomic E-state index is 9.64. The van der Waals surface area contributed by atoms with Crippen LogP contribution in [0, 0.1) is 5.41 Å². The van der Waals surface area contributed by atoms with Crippen LogP contribution in [-0.4, -0.2) is 23.8 Å². The highest BCUT2D eigenvalue weighted by Crippen LogP contribution is 2.51. The molecule has 0 aromatic heterocycles. The molecule has 0 radical (unpaired) electrons. The van der Waals surface area contributed by atoms with Crippen LogP contribution in [0.3, 0.4) is 0 Å². The number of rotatable bonds is 4. The van der Waals surface area contributed by atoms with Crippen LogP contribution in [0.5, 0.6) is 0 Å². The molecule has 2 aliphatic carbocycles. The molecule has 2 N–H and O–H groups in total. The Kier molecular flexibility index (Phi) is 3.91. The summed E-state index contributed by atoms with van der Waals surface area (Å²) in [5, 5.41) is 13.2. The minimum atomic E-state index is 0.0594. The first-order valence-electron chi connectivity index (χ1n) is 7.10. The van der Waals surface area contributed by atoms with Gasteiger partial charge in [0.05, 0.1) is 6.61 Å². The molecule has 0 aliphatic heterocycles. The predicted octanol–water partition coefficient (Wildman–Crippen LogP) is 2.85. The van der Waals surface area contributed by atoms with Crippen LogP contribution in [0.15, 0.2) is 0 Å². The first-order chi connectivity index (χ1) is 7.74. The quantitative estimate of drug-likeness (QED) is 0.771. The van der Waals surface area contributed by atoms with Crippen LogP contribution in [0.25, 0.3) is 0 Å². The van der Waals surface area contributed by atoms with Crippen LogP contribution in [-0.2, 0) is 0 Å². The zero-order valence-corrected chi connectivity index (χ0v) is 10.7. The van der Waals surface area contributed by atoms with E-state index in [2.05, 4.69) is 12.2 Å². The third-order valence-corrected chi connectivity index (χ3v) is 4.98. The minimum Gasteiger partial charge on any atom is -0.394 e. The van der Waals surface area contributed by atoms with E-state index < -0.39 is 0 Å². The Bertz CT molecular complexity index is 211. The number of hydrogen-bond acceptors (Lipinski definition) is 2. The van der Waals surface area contributed by atoms with Crippen LogP contribution in [0.2, 0.25) is 0 Å². The van der Waals surface area contributed by atoms with Crippen molar-refractivity contribution in [3.8, 4) is 0 Å². The zero-order valence-electron chi connectivity index (χ0n) is 10.7. The van der Waals surface area contributed by atoms with E-state index in [0.717, 1.165) is 13.0 Å². The van der Waals surface area contributed by atoms with Gasteiger partial charge in [0.2, 0.25) is 0 Å². The van der Waals surface area contributed by atoms with E-state index >= 15 is 0 Å². The fourth-order valence-electron chi connectivity index (χ4n) is 3.66. The van der Waals surface area contributed by atoms with Gasteiger partial charge in [-0.25, -0.2) is 0 Å². The lowest BCUT2D eigenvalue weighted by molar-refractivity contribution is 0.0630. The van der Waals surface area contributed by atoms with Crippen molar-refractivity contribution in [3.05, 3.63) is 0 Å². The van der Waals surface area contributed by atoms with Gasteiger partial charge in [-0.05, 0) is 56.9 Å². The van der Waals surface area contributed by atoms with E-state index in [-0.39, 0.29) is 5.54 Å². The average molecular weight is 225 g/mol. The molecule has 2 nitrogen and oxygen atoms in total. The van der Waals surface area contributed by atoms with Crippen molar-refractivity contribution >= 4 is 0 Å². The van der Waals surface area contributed by atoms with E-state index in [0.29, 0.717) is 12.0 Å². The molecule has 2 aliphatic rings. The lowest BCUT2D eigenvalue weighted by atomic mass is 9.66. The van der Waals surface area contributed by atoms with Crippen LogP contribution in [0.4, 0.5) is 0 Å². The molecule has 0 bridgehead atoms. The fourth-order valence-corrected chi connectivity index (χ4v) is 3.66. The molecule has 2 rings (SSSR count). The molecule has 0 heterocycles. The maximum atomic E-state index is 9.64. The van der Waals surface area contributed by atoms with Crippen molar-refractivity contribution in [3.63, 3.8) is 0 Å². The third-order valence-electron chi connectivity index (χ3n) is 4.98. The molecule has 1 spiro atoms. The standard InChI is InChI=1S/C14H27NO/c1-2-11-15-14(12-16)9-7-13(8-10-14)5-3-4-6-13/h15-16H,2-12H2,1H3. The van der Waals surface area contributed by atoms with Gasteiger partial charge in [0, 0.05) is 5.54 Å². The van der Waals surface area contributed by atoms with Crippen molar-refractivity contribution in [2.45, 2.75) is 70.3 Å². The molecule has 16 heavy (non-hydrogen) atoms. The van der Waals surface area contributed by atoms with Gasteiger partial charge >= 0.3 is 0 Å².